The van der Waals surface area contributed by atoms with Gasteiger partial charge in [0.2, 0.25) is 0 Å². The molecule has 1 atom stereocenters. The molecule has 1 unspecified atom stereocenters. The zero-order valence-corrected chi connectivity index (χ0v) is 11.5. The van der Waals surface area contributed by atoms with Crippen LogP contribution in [-0.4, -0.2) is 43.9 Å². The first-order chi connectivity index (χ1) is 9.40. The predicted molar refractivity (Wildman–Crippen MR) is 65.7 cm³/mol. The largest absolute Gasteiger partial charge is 0.469 e. The van der Waals surface area contributed by atoms with E-state index in [1.807, 2.05) is 0 Å². The summed E-state index contributed by atoms with van der Waals surface area (Å²) in [6, 6.07) is 0. The van der Waals surface area contributed by atoms with Crippen LogP contribution in [0.25, 0.3) is 0 Å². The molecule has 0 amide bonds. The van der Waals surface area contributed by atoms with Crippen molar-refractivity contribution in [2.24, 2.45) is 0 Å². The number of alkyl halides is 3. The van der Waals surface area contributed by atoms with Crippen LogP contribution in [0.3, 0.4) is 0 Å². The van der Waals surface area contributed by atoms with Crippen molar-refractivity contribution in [3.63, 3.8) is 0 Å². The number of nitrogens with zero attached hydrogens (tertiary/aromatic N) is 2. The standard InChI is InChI=1S/C11H13F3N2O3S/c1-18-9(17)4-7-6-16(2-3-19-7)10-15-5-8(20-10)11(12,13)14/h5,7H,2-4,6H2,1H3. The molecule has 0 spiro atoms. The number of ether oxygens (including phenoxy) is 2. The highest BCUT2D eigenvalue weighted by atomic mass is 32.1. The summed E-state index contributed by atoms with van der Waals surface area (Å²) in [7, 11) is 1.28. The summed E-state index contributed by atoms with van der Waals surface area (Å²) in [5, 5.41) is 0.287. The van der Waals surface area contributed by atoms with Crippen LogP contribution in [0.5, 0.6) is 0 Å². The topological polar surface area (TPSA) is 51.7 Å². The van der Waals surface area contributed by atoms with Gasteiger partial charge in [0.1, 0.15) is 4.88 Å². The van der Waals surface area contributed by atoms with E-state index < -0.39 is 23.1 Å². The van der Waals surface area contributed by atoms with Crippen molar-refractivity contribution < 1.29 is 27.4 Å². The Balaban J connectivity index is 2.02. The molecule has 1 fully saturated rings. The van der Waals surface area contributed by atoms with E-state index in [-0.39, 0.29) is 11.6 Å². The zero-order valence-electron chi connectivity index (χ0n) is 10.6. The number of methoxy groups -OCH3 is 1. The first-order valence-corrected chi connectivity index (χ1v) is 6.68. The Morgan fingerprint density at radius 1 is 1.65 bits per heavy atom. The molecule has 0 N–H and O–H groups in total. The average molecular weight is 310 g/mol. The Kier molecular flexibility index (Phi) is 4.48. The summed E-state index contributed by atoms with van der Waals surface area (Å²) in [6.07, 6.45) is -3.88. The van der Waals surface area contributed by atoms with E-state index in [9.17, 15) is 18.0 Å². The van der Waals surface area contributed by atoms with Gasteiger partial charge in [0.15, 0.2) is 5.13 Å². The lowest BCUT2D eigenvalue weighted by Crippen LogP contribution is -2.43. The van der Waals surface area contributed by atoms with Gasteiger partial charge in [0.25, 0.3) is 0 Å². The third-order valence-corrected chi connectivity index (χ3v) is 3.91. The minimum atomic E-state index is -4.38. The van der Waals surface area contributed by atoms with Gasteiger partial charge in [-0.05, 0) is 0 Å². The molecule has 20 heavy (non-hydrogen) atoms. The van der Waals surface area contributed by atoms with E-state index in [0.717, 1.165) is 6.20 Å². The van der Waals surface area contributed by atoms with E-state index in [0.29, 0.717) is 31.0 Å². The van der Waals surface area contributed by atoms with Gasteiger partial charge < -0.3 is 14.4 Å². The zero-order chi connectivity index (χ0) is 14.8. The molecule has 1 aliphatic heterocycles. The van der Waals surface area contributed by atoms with Gasteiger partial charge in [0, 0.05) is 13.1 Å². The van der Waals surface area contributed by atoms with Crippen LogP contribution >= 0.6 is 11.3 Å². The van der Waals surface area contributed by atoms with E-state index in [1.54, 1.807) is 4.90 Å². The highest BCUT2D eigenvalue weighted by Gasteiger charge is 2.34. The van der Waals surface area contributed by atoms with Gasteiger partial charge in [-0.1, -0.05) is 11.3 Å². The Labute approximate surface area is 117 Å². The molecule has 1 saturated heterocycles. The molecule has 0 aliphatic carbocycles. The molecule has 0 saturated carbocycles. The highest BCUT2D eigenvalue weighted by molar-refractivity contribution is 7.15. The van der Waals surface area contributed by atoms with Crippen molar-refractivity contribution in [1.82, 2.24) is 4.98 Å². The number of hydrogen-bond acceptors (Lipinski definition) is 6. The van der Waals surface area contributed by atoms with Crippen LogP contribution in [0.15, 0.2) is 6.20 Å². The van der Waals surface area contributed by atoms with E-state index in [2.05, 4.69) is 9.72 Å². The molecule has 0 bridgehead atoms. The van der Waals surface area contributed by atoms with E-state index in [4.69, 9.17) is 4.74 Å². The predicted octanol–water partition coefficient (Wildman–Crippen LogP) is 1.93. The molecule has 0 aromatic carbocycles. The van der Waals surface area contributed by atoms with Gasteiger partial charge in [-0.25, -0.2) is 4.98 Å². The molecule has 112 valence electrons. The van der Waals surface area contributed by atoms with Crippen molar-refractivity contribution >= 4 is 22.4 Å². The third kappa shape index (κ3) is 3.60. The number of rotatable bonds is 3. The Morgan fingerprint density at radius 3 is 3.00 bits per heavy atom. The summed E-state index contributed by atoms with van der Waals surface area (Å²) in [5.74, 6) is -0.410. The summed E-state index contributed by atoms with van der Waals surface area (Å²) in [6.45, 7) is 1.10. The van der Waals surface area contributed by atoms with Crippen molar-refractivity contribution in [3.05, 3.63) is 11.1 Å². The van der Waals surface area contributed by atoms with Gasteiger partial charge in [-0.15, -0.1) is 0 Å². The number of esters is 1. The average Bonchev–Trinajstić information content (AvgIpc) is 2.88. The number of halogens is 3. The highest BCUT2D eigenvalue weighted by Crippen LogP contribution is 2.36. The van der Waals surface area contributed by atoms with Crippen LogP contribution < -0.4 is 4.90 Å². The molecule has 9 heteroatoms. The molecule has 5 nitrogen and oxygen atoms in total. The molecule has 2 rings (SSSR count). The second-order valence-corrected chi connectivity index (χ2v) is 5.23. The fraction of sp³-hybridized carbons (Fsp3) is 0.636. The number of carbonyl (C=O) groups excluding carboxylic acids is 1. The van der Waals surface area contributed by atoms with Crippen LogP contribution in [0, 0.1) is 0 Å². The van der Waals surface area contributed by atoms with Crippen molar-refractivity contribution in [1.29, 1.82) is 0 Å². The van der Waals surface area contributed by atoms with Gasteiger partial charge in [0.05, 0.1) is 32.4 Å². The van der Waals surface area contributed by atoms with Gasteiger partial charge in [-0.2, -0.15) is 13.2 Å². The first-order valence-electron chi connectivity index (χ1n) is 5.86. The number of anilines is 1. The van der Waals surface area contributed by atoms with Crippen LogP contribution in [0.2, 0.25) is 0 Å². The maximum absolute atomic E-state index is 12.5. The van der Waals surface area contributed by atoms with Crippen LogP contribution in [0.1, 0.15) is 11.3 Å². The molecule has 2 heterocycles. The minimum Gasteiger partial charge on any atom is -0.469 e. The van der Waals surface area contributed by atoms with Crippen molar-refractivity contribution in [2.45, 2.75) is 18.7 Å². The summed E-state index contributed by atoms with van der Waals surface area (Å²) < 4.78 is 47.5. The minimum absolute atomic E-state index is 0.0739. The molecular weight excluding hydrogens is 297 g/mol. The van der Waals surface area contributed by atoms with Crippen LogP contribution in [0.4, 0.5) is 18.3 Å². The summed E-state index contributed by atoms with van der Waals surface area (Å²) in [5.41, 5.74) is 0. The lowest BCUT2D eigenvalue weighted by Gasteiger charge is -2.32. The van der Waals surface area contributed by atoms with Crippen LogP contribution in [-0.2, 0) is 20.4 Å². The first kappa shape index (κ1) is 15.0. The lowest BCUT2D eigenvalue weighted by atomic mass is 10.2. The fourth-order valence-corrected chi connectivity index (χ4v) is 2.65. The smallest absolute Gasteiger partial charge is 0.427 e. The number of aromatic nitrogens is 1. The fourth-order valence-electron chi connectivity index (χ4n) is 1.83. The number of carbonyl (C=O) groups is 1. The molecule has 1 aromatic rings. The Bertz CT molecular complexity index is 478. The van der Waals surface area contributed by atoms with Gasteiger partial charge >= 0.3 is 12.1 Å². The van der Waals surface area contributed by atoms with Crippen molar-refractivity contribution in [3.8, 4) is 0 Å². The summed E-state index contributed by atoms with van der Waals surface area (Å²) in [4.78, 5) is 15.9. The quantitative estimate of drug-likeness (QED) is 0.799. The van der Waals surface area contributed by atoms with Gasteiger partial charge in [-0.3, -0.25) is 4.79 Å². The number of hydrogen-bond donors (Lipinski definition) is 0. The number of morpholine rings is 1. The van der Waals surface area contributed by atoms with Crippen molar-refractivity contribution in [2.75, 3.05) is 31.7 Å². The normalized spacial score (nSPS) is 20.0. The molecule has 1 aromatic heterocycles. The third-order valence-electron chi connectivity index (χ3n) is 2.80. The van der Waals surface area contributed by atoms with E-state index in [1.165, 1.54) is 7.11 Å². The van der Waals surface area contributed by atoms with E-state index >= 15 is 0 Å². The second-order valence-electron chi connectivity index (χ2n) is 4.22. The molecule has 0 radical (unpaired) electrons. The SMILES string of the molecule is COC(=O)CC1CN(c2ncc(C(F)(F)F)s2)CCO1. The maximum Gasteiger partial charge on any atom is 0.427 e. The lowest BCUT2D eigenvalue weighted by molar-refractivity contribution is -0.144. The molecule has 1 aliphatic rings. The number of thiazole rings is 1. The monoisotopic (exact) mass is 310 g/mol. The maximum atomic E-state index is 12.5. The molecular formula is C11H13F3N2O3S. The Hall–Kier alpha value is -1.35. The summed E-state index contributed by atoms with van der Waals surface area (Å²) >= 11 is 0.591. The Morgan fingerprint density at radius 2 is 2.40 bits per heavy atom. The second kappa shape index (κ2) is 5.96.